The lowest BCUT2D eigenvalue weighted by Gasteiger charge is -2.58. The minimum Gasteiger partial charge on any atom is -0.303 e. The molecule has 2 aliphatic rings. The molecule has 0 amide bonds. The molecule has 0 unspecified atom stereocenters. The van der Waals surface area contributed by atoms with Gasteiger partial charge in [-0.05, 0) is 52.7 Å². The van der Waals surface area contributed by atoms with Gasteiger partial charge < -0.3 is 4.90 Å². The summed E-state index contributed by atoms with van der Waals surface area (Å²) in [4.78, 5) is 5.31. The second-order valence-electron chi connectivity index (χ2n) is 5.20. The summed E-state index contributed by atoms with van der Waals surface area (Å²) in [5, 5.41) is 0. The van der Waals surface area contributed by atoms with Crippen LogP contribution in [0.5, 0.6) is 0 Å². The second-order valence-corrected chi connectivity index (χ2v) is 5.20. The van der Waals surface area contributed by atoms with Gasteiger partial charge in [-0.25, -0.2) is 0 Å². The van der Waals surface area contributed by atoms with Crippen LogP contribution in [0.25, 0.3) is 0 Å². The summed E-state index contributed by atoms with van der Waals surface area (Å²) in [5.74, 6) is 0. The molecule has 2 aliphatic heterocycles. The summed E-state index contributed by atoms with van der Waals surface area (Å²) < 4.78 is 0. The second kappa shape index (κ2) is 3.82. The third-order valence-electron chi connectivity index (χ3n) is 4.28. The van der Waals surface area contributed by atoms with E-state index in [1.807, 2.05) is 0 Å². The number of likely N-dealkylation sites (tertiary alicyclic amines) is 2. The van der Waals surface area contributed by atoms with Crippen LogP contribution in [0.3, 0.4) is 0 Å². The zero-order valence-corrected chi connectivity index (χ0v) is 9.92. The Bertz CT molecular complexity index is 192. The summed E-state index contributed by atoms with van der Waals surface area (Å²) in [5.41, 5.74) is 0.611. The SMILES string of the molecule is CCN1CCC2(CC1)CCN2C(C)C. The van der Waals surface area contributed by atoms with Crippen LogP contribution in [0.15, 0.2) is 0 Å². The average Bonchev–Trinajstić information content (AvgIpc) is 2.15. The highest BCUT2D eigenvalue weighted by molar-refractivity contribution is 5.03. The first kappa shape index (κ1) is 10.4. The highest BCUT2D eigenvalue weighted by atomic mass is 15.3. The van der Waals surface area contributed by atoms with Crippen molar-refractivity contribution in [2.24, 2.45) is 0 Å². The molecule has 1 spiro atoms. The van der Waals surface area contributed by atoms with Gasteiger partial charge in [0.25, 0.3) is 0 Å². The fourth-order valence-electron chi connectivity index (χ4n) is 3.19. The smallest absolute Gasteiger partial charge is 0.0248 e. The molecule has 0 bridgehead atoms. The van der Waals surface area contributed by atoms with Crippen molar-refractivity contribution in [3.63, 3.8) is 0 Å². The Labute approximate surface area is 88.3 Å². The van der Waals surface area contributed by atoms with Crippen LogP contribution < -0.4 is 0 Å². The zero-order valence-electron chi connectivity index (χ0n) is 9.92. The molecule has 0 aromatic rings. The van der Waals surface area contributed by atoms with Crippen molar-refractivity contribution in [3.05, 3.63) is 0 Å². The molecule has 0 aliphatic carbocycles. The number of hydrogen-bond acceptors (Lipinski definition) is 2. The molecule has 2 heteroatoms. The summed E-state index contributed by atoms with van der Waals surface area (Å²) in [6, 6.07) is 0.747. The van der Waals surface area contributed by atoms with Crippen molar-refractivity contribution in [2.45, 2.75) is 51.6 Å². The van der Waals surface area contributed by atoms with E-state index in [9.17, 15) is 0 Å². The fraction of sp³-hybridized carbons (Fsp3) is 1.00. The van der Waals surface area contributed by atoms with E-state index in [0.717, 1.165) is 6.04 Å². The number of rotatable bonds is 2. The molecule has 0 aromatic carbocycles. The Morgan fingerprint density at radius 1 is 1.07 bits per heavy atom. The van der Waals surface area contributed by atoms with Gasteiger partial charge in [0.05, 0.1) is 0 Å². The fourth-order valence-corrected chi connectivity index (χ4v) is 3.19. The first-order chi connectivity index (χ1) is 6.68. The number of hydrogen-bond donors (Lipinski definition) is 0. The van der Waals surface area contributed by atoms with Gasteiger partial charge in [-0.1, -0.05) is 6.92 Å². The Hall–Kier alpha value is -0.0800. The van der Waals surface area contributed by atoms with Crippen LogP contribution >= 0.6 is 0 Å². The minimum atomic E-state index is 0.611. The quantitative estimate of drug-likeness (QED) is 0.666. The molecule has 2 rings (SSSR count). The Kier molecular flexibility index (Phi) is 2.85. The Balaban J connectivity index is 1.93. The van der Waals surface area contributed by atoms with E-state index < -0.39 is 0 Å². The van der Waals surface area contributed by atoms with Gasteiger partial charge in [0.1, 0.15) is 0 Å². The van der Waals surface area contributed by atoms with Crippen molar-refractivity contribution >= 4 is 0 Å². The third kappa shape index (κ3) is 1.59. The predicted molar refractivity (Wildman–Crippen MR) is 60.5 cm³/mol. The molecule has 0 atom stereocenters. The summed E-state index contributed by atoms with van der Waals surface area (Å²) in [6.07, 6.45) is 4.25. The molecule has 0 saturated carbocycles. The predicted octanol–water partition coefficient (Wildman–Crippen LogP) is 1.95. The average molecular weight is 196 g/mol. The molecule has 0 aromatic heterocycles. The van der Waals surface area contributed by atoms with Crippen LogP contribution in [0, 0.1) is 0 Å². The molecule has 14 heavy (non-hydrogen) atoms. The van der Waals surface area contributed by atoms with Gasteiger partial charge in [-0.15, -0.1) is 0 Å². The molecule has 2 heterocycles. The molecule has 0 radical (unpaired) electrons. The van der Waals surface area contributed by atoms with Crippen LogP contribution in [-0.4, -0.2) is 47.6 Å². The van der Waals surface area contributed by atoms with E-state index in [-0.39, 0.29) is 0 Å². The summed E-state index contributed by atoms with van der Waals surface area (Å²) in [6.45, 7) is 12.2. The summed E-state index contributed by atoms with van der Waals surface area (Å²) >= 11 is 0. The van der Waals surface area contributed by atoms with Gasteiger partial charge >= 0.3 is 0 Å². The highest BCUT2D eigenvalue weighted by Crippen LogP contribution is 2.40. The largest absolute Gasteiger partial charge is 0.303 e. The molecule has 2 nitrogen and oxygen atoms in total. The van der Waals surface area contributed by atoms with Crippen molar-refractivity contribution in [1.82, 2.24) is 9.80 Å². The topological polar surface area (TPSA) is 6.48 Å². The van der Waals surface area contributed by atoms with Crippen molar-refractivity contribution in [3.8, 4) is 0 Å². The van der Waals surface area contributed by atoms with E-state index in [1.165, 1.54) is 45.4 Å². The molecular weight excluding hydrogens is 172 g/mol. The standard InChI is InChI=1S/C12H24N2/c1-4-13-8-5-12(6-9-13)7-10-14(12)11(2)3/h11H,4-10H2,1-3H3. The molecule has 2 saturated heterocycles. The first-order valence-electron chi connectivity index (χ1n) is 6.17. The van der Waals surface area contributed by atoms with Crippen molar-refractivity contribution < 1.29 is 0 Å². The van der Waals surface area contributed by atoms with Gasteiger partial charge in [0, 0.05) is 18.1 Å². The first-order valence-corrected chi connectivity index (χ1v) is 6.17. The monoisotopic (exact) mass is 196 g/mol. The van der Waals surface area contributed by atoms with Crippen LogP contribution in [0.4, 0.5) is 0 Å². The van der Waals surface area contributed by atoms with E-state index in [1.54, 1.807) is 0 Å². The normalized spacial score (nSPS) is 28.3. The van der Waals surface area contributed by atoms with Crippen molar-refractivity contribution in [2.75, 3.05) is 26.2 Å². The molecule has 0 N–H and O–H groups in total. The lowest BCUT2D eigenvalue weighted by molar-refractivity contribution is -0.0774. The van der Waals surface area contributed by atoms with Crippen LogP contribution in [0.2, 0.25) is 0 Å². The van der Waals surface area contributed by atoms with Gasteiger partial charge in [-0.2, -0.15) is 0 Å². The lowest BCUT2D eigenvalue weighted by atomic mass is 9.75. The van der Waals surface area contributed by atoms with E-state index in [2.05, 4.69) is 30.6 Å². The molecular formula is C12H24N2. The molecule has 82 valence electrons. The third-order valence-corrected chi connectivity index (χ3v) is 4.28. The maximum absolute atomic E-state index is 2.72. The van der Waals surface area contributed by atoms with Gasteiger partial charge in [-0.3, -0.25) is 4.90 Å². The Morgan fingerprint density at radius 3 is 2.00 bits per heavy atom. The number of piperidine rings is 1. The maximum atomic E-state index is 2.72. The van der Waals surface area contributed by atoms with E-state index >= 15 is 0 Å². The van der Waals surface area contributed by atoms with Crippen LogP contribution in [0.1, 0.15) is 40.0 Å². The highest BCUT2D eigenvalue weighted by Gasteiger charge is 2.46. The summed E-state index contributed by atoms with van der Waals surface area (Å²) in [7, 11) is 0. The van der Waals surface area contributed by atoms with Gasteiger partial charge in [0.2, 0.25) is 0 Å². The maximum Gasteiger partial charge on any atom is 0.0248 e. The zero-order chi connectivity index (χ0) is 10.2. The van der Waals surface area contributed by atoms with Gasteiger partial charge in [0.15, 0.2) is 0 Å². The van der Waals surface area contributed by atoms with E-state index in [0.29, 0.717) is 5.54 Å². The number of nitrogens with zero attached hydrogens (tertiary/aromatic N) is 2. The van der Waals surface area contributed by atoms with Crippen LogP contribution in [-0.2, 0) is 0 Å². The van der Waals surface area contributed by atoms with Crippen molar-refractivity contribution in [1.29, 1.82) is 0 Å². The minimum absolute atomic E-state index is 0.611. The Morgan fingerprint density at radius 2 is 1.64 bits per heavy atom. The lowest BCUT2D eigenvalue weighted by Crippen LogP contribution is -2.65. The molecule has 2 fully saturated rings. The van der Waals surface area contributed by atoms with E-state index in [4.69, 9.17) is 0 Å².